The number of H-pyrrole nitrogens is 1. The molecule has 1 amide bonds. The number of nitrogens with one attached hydrogen (secondary N) is 1. The number of hydrogen-bond donors (Lipinski definition) is 1. The van der Waals surface area contributed by atoms with E-state index in [2.05, 4.69) is 21.8 Å². The number of hydrogen-bond acceptors (Lipinski definition) is 3. The molecule has 0 saturated carbocycles. The molecule has 2 fully saturated rings. The normalized spacial score (nSPS) is 20.1. The van der Waals surface area contributed by atoms with Gasteiger partial charge in [0.05, 0.1) is 12.0 Å². The molecule has 4 rings (SSSR count). The maximum atomic E-state index is 12.7. The molecule has 0 atom stereocenters. The van der Waals surface area contributed by atoms with Crippen LogP contribution >= 0.6 is 11.6 Å². The summed E-state index contributed by atoms with van der Waals surface area (Å²) in [5, 5.41) is 0.668. The second kappa shape index (κ2) is 7.64. The van der Waals surface area contributed by atoms with Gasteiger partial charge in [0.25, 0.3) is 5.91 Å². The van der Waals surface area contributed by atoms with Crippen molar-refractivity contribution in [2.24, 2.45) is 5.41 Å². The number of likely N-dealkylation sites (tertiary alicyclic amines) is 2. The molecule has 1 N–H and O–H groups in total. The highest BCUT2D eigenvalue weighted by atomic mass is 35.5. The first-order chi connectivity index (χ1) is 13.0. The Morgan fingerprint density at radius 1 is 1.11 bits per heavy atom. The quantitative estimate of drug-likeness (QED) is 0.870. The number of aromatic amines is 1. The van der Waals surface area contributed by atoms with Crippen LogP contribution in [0.4, 0.5) is 0 Å². The van der Waals surface area contributed by atoms with Gasteiger partial charge in [0, 0.05) is 35.9 Å². The molecule has 2 aliphatic heterocycles. The first-order valence-corrected chi connectivity index (χ1v) is 10.2. The second-order valence-corrected chi connectivity index (χ2v) is 8.49. The average molecular weight is 387 g/mol. The smallest absolute Gasteiger partial charge is 0.253 e. The van der Waals surface area contributed by atoms with Crippen molar-refractivity contribution in [1.82, 2.24) is 19.8 Å². The zero-order valence-electron chi connectivity index (χ0n) is 15.9. The highest BCUT2D eigenvalue weighted by Crippen LogP contribution is 2.41. The number of carbonyl (C=O) groups excluding carboxylic acids is 1. The minimum atomic E-state index is 0.132. The highest BCUT2D eigenvalue weighted by Gasteiger charge is 2.38. The van der Waals surface area contributed by atoms with Crippen LogP contribution in [-0.4, -0.2) is 51.9 Å². The Hall–Kier alpha value is -1.85. The third-order valence-corrected chi connectivity index (χ3v) is 6.68. The number of aryl methyl sites for hydroxylation is 1. The summed E-state index contributed by atoms with van der Waals surface area (Å²) in [5.74, 6) is 0.132. The van der Waals surface area contributed by atoms with Crippen LogP contribution in [0.3, 0.4) is 0 Å². The van der Waals surface area contributed by atoms with Crippen LogP contribution in [0.1, 0.15) is 47.4 Å². The Balaban J connectivity index is 1.29. The molecule has 2 aromatic rings. The number of aromatic nitrogens is 2. The highest BCUT2D eigenvalue weighted by molar-refractivity contribution is 6.30. The van der Waals surface area contributed by atoms with Crippen molar-refractivity contribution in [3.8, 4) is 0 Å². The van der Waals surface area contributed by atoms with Gasteiger partial charge >= 0.3 is 0 Å². The third-order valence-electron chi connectivity index (χ3n) is 6.43. The standard InChI is InChI=1S/C21H27ClN4O/c1-16-19(24-15-23-16)14-25-10-6-21(7-11-25)8-12-26(13-9-21)20(27)17-2-4-18(22)5-3-17/h2-5,15H,6-14H2,1H3,(H,23,24). The van der Waals surface area contributed by atoms with E-state index in [1.807, 2.05) is 17.0 Å². The van der Waals surface area contributed by atoms with Crippen molar-refractivity contribution >= 4 is 17.5 Å². The summed E-state index contributed by atoms with van der Waals surface area (Å²) in [7, 11) is 0. The lowest BCUT2D eigenvalue weighted by Gasteiger charge is -2.46. The van der Waals surface area contributed by atoms with Gasteiger partial charge in [0.1, 0.15) is 0 Å². The van der Waals surface area contributed by atoms with E-state index in [1.165, 1.54) is 18.5 Å². The molecule has 3 heterocycles. The van der Waals surface area contributed by atoms with E-state index >= 15 is 0 Å². The topological polar surface area (TPSA) is 52.2 Å². The van der Waals surface area contributed by atoms with E-state index in [9.17, 15) is 4.79 Å². The van der Waals surface area contributed by atoms with Crippen LogP contribution in [0.25, 0.3) is 0 Å². The fourth-order valence-electron chi connectivity index (χ4n) is 4.40. The first-order valence-electron chi connectivity index (χ1n) is 9.81. The molecule has 0 radical (unpaired) electrons. The molecule has 144 valence electrons. The summed E-state index contributed by atoms with van der Waals surface area (Å²) in [6.45, 7) is 6.99. The summed E-state index contributed by atoms with van der Waals surface area (Å²) in [6, 6.07) is 7.23. The third kappa shape index (κ3) is 4.04. The van der Waals surface area contributed by atoms with Crippen molar-refractivity contribution in [1.29, 1.82) is 0 Å². The monoisotopic (exact) mass is 386 g/mol. The van der Waals surface area contributed by atoms with Crippen molar-refractivity contribution in [2.75, 3.05) is 26.2 Å². The molecular weight excluding hydrogens is 360 g/mol. The Bertz CT molecular complexity index is 783. The Kier molecular flexibility index (Phi) is 5.24. The van der Waals surface area contributed by atoms with Gasteiger partial charge in [-0.3, -0.25) is 9.69 Å². The van der Waals surface area contributed by atoms with E-state index in [4.69, 9.17) is 11.6 Å². The molecule has 0 bridgehead atoms. The number of halogens is 1. The zero-order valence-corrected chi connectivity index (χ0v) is 16.6. The largest absolute Gasteiger partial charge is 0.348 e. The number of imidazole rings is 1. The summed E-state index contributed by atoms with van der Waals surface area (Å²) < 4.78 is 0. The van der Waals surface area contributed by atoms with Crippen molar-refractivity contribution < 1.29 is 4.79 Å². The fraction of sp³-hybridized carbons (Fsp3) is 0.524. The first kappa shape index (κ1) is 18.5. The van der Waals surface area contributed by atoms with E-state index in [0.717, 1.165) is 56.8 Å². The number of benzene rings is 1. The van der Waals surface area contributed by atoms with Crippen molar-refractivity contribution in [2.45, 2.75) is 39.2 Å². The van der Waals surface area contributed by atoms with Gasteiger partial charge in [0.2, 0.25) is 0 Å². The Morgan fingerprint density at radius 2 is 1.74 bits per heavy atom. The molecule has 6 heteroatoms. The SMILES string of the molecule is Cc1[nH]cnc1CN1CCC2(CC1)CCN(C(=O)c1ccc(Cl)cc1)CC2. The molecule has 27 heavy (non-hydrogen) atoms. The number of carbonyl (C=O) groups is 1. The Labute approximate surface area is 165 Å². The van der Waals surface area contributed by atoms with Gasteiger partial charge in [-0.1, -0.05) is 11.6 Å². The molecule has 2 aliphatic rings. The van der Waals surface area contributed by atoms with Gasteiger partial charge in [-0.05, 0) is 75.4 Å². The minimum absolute atomic E-state index is 0.132. The van der Waals surface area contributed by atoms with Gasteiger partial charge in [-0.2, -0.15) is 0 Å². The molecule has 1 spiro atoms. The van der Waals surface area contributed by atoms with Crippen molar-refractivity contribution in [3.05, 3.63) is 52.6 Å². The molecule has 1 aromatic carbocycles. The lowest BCUT2D eigenvalue weighted by molar-refractivity contribution is 0.0282. The van der Waals surface area contributed by atoms with Gasteiger partial charge in [-0.15, -0.1) is 0 Å². The van der Waals surface area contributed by atoms with Crippen LogP contribution in [-0.2, 0) is 6.54 Å². The van der Waals surface area contributed by atoms with Gasteiger partial charge in [-0.25, -0.2) is 4.98 Å². The number of amides is 1. The molecule has 1 aromatic heterocycles. The van der Waals surface area contributed by atoms with Crippen LogP contribution in [0.5, 0.6) is 0 Å². The average Bonchev–Trinajstić information content (AvgIpc) is 3.09. The van der Waals surface area contributed by atoms with E-state index in [-0.39, 0.29) is 5.91 Å². The lowest BCUT2D eigenvalue weighted by Crippen LogP contribution is -2.48. The van der Waals surface area contributed by atoms with E-state index in [0.29, 0.717) is 10.4 Å². The number of nitrogens with zero attached hydrogens (tertiary/aromatic N) is 3. The maximum absolute atomic E-state index is 12.7. The van der Waals surface area contributed by atoms with Crippen LogP contribution in [0.15, 0.2) is 30.6 Å². The van der Waals surface area contributed by atoms with Gasteiger partial charge < -0.3 is 9.88 Å². The summed E-state index contributed by atoms with van der Waals surface area (Å²) in [5.41, 5.74) is 3.48. The van der Waals surface area contributed by atoms with E-state index in [1.54, 1.807) is 18.5 Å². The number of rotatable bonds is 3. The fourth-order valence-corrected chi connectivity index (χ4v) is 4.53. The predicted molar refractivity (Wildman–Crippen MR) is 107 cm³/mol. The Morgan fingerprint density at radius 3 is 2.33 bits per heavy atom. The maximum Gasteiger partial charge on any atom is 0.253 e. The van der Waals surface area contributed by atoms with Crippen molar-refractivity contribution in [3.63, 3.8) is 0 Å². The van der Waals surface area contributed by atoms with Crippen LogP contribution < -0.4 is 0 Å². The van der Waals surface area contributed by atoms with Gasteiger partial charge in [0.15, 0.2) is 0 Å². The zero-order chi connectivity index (χ0) is 18.9. The summed E-state index contributed by atoms with van der Waals surface area (Å²) in [6.07, 6.45) is 6.45. The predicted octanol–water partition coefficient (Wildman–Crippen LogP) is 3.89. The second-order valence-electron chi connectivity index (χ2n) is 8.05. The molecule has 5 nitrogen and oxygen atoms in total. The summed E-state index contributed by atoms with van der Waals surface area (Å²) >= 11 is 5.93. The summed E-state index contributed by atoms with van der Waals surface area (Å²) in [4.78, 5) is 24.8. The molecule has 2 saturated heterocycles. The lowest BCUT2D eigenvalue weighted by atomic mass is 9.71. The molecular formula is C21H27ClN4O. The van der Waals surface area contributed by atoms with E-state index < -0.39 is 0 Å². The van der Waals surface area contributed by atoms with Crippen LogP contribution in [0, 0.1) is 12.3 Å². The molecule has 0 aliphatic carbocycles. The molecule has 0 unspecified atom stereocenters. The van der Waals surface area contributed by atoms with Crippen LogP contribution in [0.2, 0.25) is 5.02 Å². The minimum Gasteiger partial charge on any atom is -0.348 e. The number of piperidine rings is 2.